The van der Waals surface area contributed by atoms with Crippen molar-refractivity contribution in [3.8, 4) is 5.75 Å². The van der Waals surface area contributed by atoms with Gasteiger partial charge in [-0.2, -0.15) is 0 Å². The number of allylic oxidation sites excluding steroid dienone is 1. The highest BCUT2D eigenvalue weighted by atomic mass is 32.2. The van der Waals surface area contributed by atoms with E-state index in [1.54, 1.807) is 42.6 Å². The van der Waals surface area contributed by atoms with Gasteiger partial charge in [0.25, 0.3) is 0 Å². The Morgan fingerprint density at radius 1 is 1.26 bits per heavy atom. The van der Waals surface area contributed by atoms with Crippen LogP contribution in [-0.4, -0.2) is 31.8 Å². The zero-order chi connectivity index (χ0) is 19.7. The standard InChI is InChI=1S/C20H21NO5S/c1-20(14-22,27(24,25)19-8-4-3-7-18(19)26-2)13-15-9-10-17-16(12-15)6-5-11-21(17)23/h3-5,7-12,14,23H,6,13H2,1-2H3. The van der Waals surface area contributed by atoms with E-state index in [-0.39, 0.29) is 17.1 Å². The second-order valence-corrected chi connectivity index (χ2v) is 9.04. The average Bonchev–Trinajstić information content (AvgIpc) is 2.67. The summed E-state index contributed by atoms with van der Waals surface area (Å²) in [5, 5.41) is 10.9. The number of benzene rings is 2. The Morgan fingerprint density at radius 2 is 2.00 bits per heavy atom. The number of nitrogens with zero attached hydrogens (tertiary/aromatic N) is 1. The molecule has 0 aliphatic carbocycles. The summed E-state index contributed by atoms with van der Waals surface area (Å²) in [7, 11) is -2.60. The summed E-state index contributed by atoms with van der Waals surface area (Å²) in [4.78, 5) is 11.9. The fourth-order valence-electron chi connectivity index (χ4n) is 3.19. The van der Waals surface area contributed by atoms with Crippen molar-refractivity contribution in [1.82, 2.24) is 0 Å². The van der Waals surface area contributed by atoms with E-state index < -0.39 is 14.6 Å². The predicted octanol–water partition coefficient (Wildman–Crippen LogP) is 2.93. The Morgan fingerprint density at radius 3 is 2.70 bits per heavy atom. The molecule has 2 aromatic rings. The molecule has 6 nitrogen and oxygen atoms in total. The van der Waals surface area contributed by atoms with Crippen molar-refractivity contribution in [3.05, 3.63) is 65.9 Å². The average molecular weight is 387 g/mol. The highest BCUT2D eigenvalue weighted by Gasteiger charge is 2.42. The molecular weight excluding hydrogens is 366 g/mol. The van der Waals surface area contributed by atoms with E-state index in [4.69, 9.17) is 4.74 Å². The van der Waals surface area contributed by atoms with Crippen molar-refractivity contribution in [2.24, 2.45) is 0 Å². The zero-order valence-electron chi connectivity index (χ0n) is 15.1. The van der Waals surface area contributed by atoms with E-state index in [9.17, 15) is 18.4 Å². The topological polar surface area (TPSA) is 83.9 Å². The number of sulfone groups is 1. The van der Waals surface area contributed by atoms with Crippen LogP contribution in [0.2, 0.25) is 0 Å². The van der Waals surface area contributed by atoms with E-state index in [2.05, 4.69) is 0 Å². The molecule has 27 heavy (non-hydrogen) atoms. The second kappa shape index (κ2) is 7.17. The molecule has 142 valence electrons. The Balaban J connectivity index is 2.00. The van der Waals surface area contributed by atoms with E-state index in [0.717, 1.165) is 10.6 Å². The first kappa shape index (κ1) is 19.1. The fourth-order valence-corrected chi connectivity index (χ4v) is 4.85. The van der Waals surface area contributed by atoms with Crippen LogP contribution in [0.5, 0.6) is 5.75 Å². The quantitative estimate of drug-likeness (QED) is 0.768. The summed E-state index contributed by atoms with van der Waals surface area (Å²) < 4.78 is 30.0. The molecular formula is C20H21NO5S. The maximum Gasteiger partial charge on any atom is 0.194 e. The molecule has 0 saturated heterocycles. The molecule has 0 aromatic heterocycles. The summed E-state index contributed by atoms with van der Waals surface area (Å²) in [6.07, 6.45) is 4.48. The first-order valence-corrected chi connectivity index (χ1v) is 9.91. The van der Waals surface area contributed by atoms with E-state index in [1.165, 1.54) is 20.1 Å². The number of carbonyl (C=O) groups is 1. The lowest BCUT2D eigenvalue weighted by Crippen LogP contribution is -2.39. The van der Waals surface area contributed by atoms with Crippen molar-refractivity contribution < 1.29 is 23.2 Å². The largest absolute Gasteiger partial charge is 0.495 e. The molecule has 1 N–H and O–H groups in total. The van der Waals surface area contributed by atoms with Gasteiger partial charge in [-0.25, -0.2) is 13.5 Å². The fraction of sp³-hybridized carbons (Fsp3) is 0.250. The first-order valence-electron chi connectivity index (χ1n) is 8.43. The molecule has 0 spiro atoms. The minimum absolute atomic E-state index is 0.00970. The Kier molecular flexibility index (Phi) is 5.08. The van der Waals surface area contributed by atoms with Crippen LogP contribution in [0.1, 0.15) is 18.1 Å². The van der Waals surface area contributed by atoms with Crippen LogP contribution < -0.4 is 9.80 Å². The molecule has 1 atom stereocenters. The molecule has 7 heteroatoms. The minimum Gasteiger partial charge on any atom is -0.495 e. The summed E-state index contributed by atoms with van der Waals surface area (Å²) in [5.41, 5.74) is 2.20. The molecule has 3 rings (SSSR count). The second-order valence-electron chi connectivity index (χ2n) is 6.66. The number of hydroxylamine groups is 1. The molecule has 0 fully saturated rings. The summed E-state index contributed by atoms with van der Waals surface area (Å²) >= 11 is 0. The number of carbonyl (C=O) groups excluding carboxylic acids is 1. The Bertz CT molecular complexity index is 999. The zero-order valence-corrected chi connectivity index (χ0v) is 15.9. The van der Waals surface area contributed by atoms with Gasteiger partial charge in [-0.05, 0) is 49.1 Å². The number of ether oxygens (including phenoxy) is 1. The lowest BCUT2D eigenvalue weighted by Gasteiger charge is -2.26. The molecule has 1 aliphatic rings. The van der Waals surface area contributed by atoms with Gasteiger partial charge in [0.2, 0.25) is 0 Å². The van der Waals surface area contributed by atoms with Gasteiger partial charge in [-0.15, -0.1) is 0 Å². The van der Waals surface area contributed by atoms with Gasteiger partial charge in [-0.3, -0.25) is 5.21 Å². The third kappa shape index (κ3) is 3.36. The highest BCUT2D eigenvalue weighted by Crippen LogP contribution is 2.34. The normalized spacial score (nSPS) is 15.7. The number of anilines is 1. The van der Waals surface area contributed by atoms with Crippen molar-refractivity contribution >= 4 is 21.8 Å². The Labute approximate surface area is 158 Å². The molecule has 2 aromatic carbocycles. The van der Waals surface area contributed by atoms with Gasteiger partial charge in [0, 0.05) is 6.20 Å². The van der Waals surface area contributed by atoms with Gasteiger partial charge in [0.1, 0.15) is 21.7 Å². The van der Waals surface area contributed by atoms with Crippen LogP contribution in [0, 0.1) is 0 Å². The maximum atomic E-state index is 13.2. The smallest absolute Gasteiger partial charge is 0.194 e. The molecule has 1 heterocycles. The predicted molar refractivity (Wildman–Crippen MR) is 102 cm³/mol. The van der Waals surface area contributed by atoms with Gasteiger partial charge < -0.3 is 9.53 Å². The number of para-hydroxylation sites is 1. The monoisotopic (exact) mass is 387 g/mol. The number of methoxy groups -OCH3 is 1. The molecule has 1 aliphatic heterocycles. The van der Waals surface area contributed by atoms with Crippen molar-refractivity contribution in [2.75, 3.05) is 12.2 Å². The van der Waals surface area contributed by atoms with Crippen molar-refractivity contribution in [3.63, 3.8) is 0 Å². The van der Waals surface area contributed by atoms with E-state index in [1.807, 2.05) is 6.07 Å². The third-order valence-corrected chi connectivity index (χ3v) is 7.14. The van der Waals surface area contributed by atoms with Crippen LogP contribution in [-0.2, 0) is 27.5 Å². The molecule has 0 amide bonds. The van der Waals surface area contributed by atoms with Crippen molar-refractivity contribution in [1.29, 1.82) is 0 Å². The highest BCUT2D eigenvalue weighted by molar-refractivity contribution is 7.93. The van der Waals surface area contributed by atoms with Crippen LogP contribution in [0.4, 0.5) is 5.69 Å². The number of hydrogen-bond acceptors (Lipinski definition) is 6. The van der Waals surface area contributed by atoms with Crippen LogP contribution in [0.3, 0.4) is 0 Å². The molecule has 0 bridgehead atoms. The SMILES string of the molecule is COc1ccccc1S(=O)(=O)C(C)(C=O)Cc1ccc2c(c1)CC=CN2O. The van der Waals surface area contributed by atoms with Crippen LogP contribution in [0.25, 0.3) is 0 Å². The molecule has 1 unspecified atom stereocenters. The molecule has 0 saturated carbocycles. The van der Waals surface area contributed by atoms with E-state index in [0.29, 0.717) is 24.0 Å². The third-order valence-electron chi connectivity index (χ3n) is 4.75. The minimum atomic E-state index is -3.99. The van der Waals surface area contributed by atoms with Crippen LogP contribution >= 0.6 is 0 Å². The Hall–Kier alpha value is -2.64. The molecule has 0 radical (unpaired) electrons. The van der Waals surface area contributed by atoms with E-state index >= 15 is 0 Å². The maximum absolute atomic E-state index is 13.2. The first-order chi connectivity index (χ1) is 12.8. The number of rotatable bonds is 6. The van der Waals surface area contributed by atoms with Crippen molar-refractivity contribution in [2.45, 2.75) is 29.4 Å². The van der Waals surface area contributed by atoms with Gasteiger partial charge >= 0.3 is 0 Å². The lowest BCUT2D eigenvalue weighted by atomic mass is 9.97. The van der Waals surface area contributed by atoms with Crippen LogP contribution in [0.15, 0.2) is 59.6 Å². The van der Waals surface area contributed by atoms with Gasteiger partial charge in [0.05, 0.1) is 12.8 Å². The summed E-state index contributed by atoms with van der Waals surface area (Å²) in [6, 6.07) is 11.5. The number of hydrogen-bond donors (Lipinski definition) is 1. The lowest BCUT2D eigenvalue weighted by molar-refractivity contribution is -0.109. The summed E-state index contributed by atoms with van der Waals surface area (Å²) in [6.45, 7) is 1.42. The van der Waals surface area contributed by atoms with Gasteiger partial charge in [0.15, 0.2) is 9.84 Å². The number of aldehydes is 1. The summed E-state index contributed by atoms with van der Waals surface area (Å²) in [5.74, 6) is 0.206. The number of fused-ring (bicyclic) bond motifs is 1. The van der Waals surface area contributed by atoms with Gasteiger partial charge in [-0.1, -0.05) is 30.3 Å².